The molecule has 3 aliphatic rings. The van der Waals surface area contributed by atoms with Gasteiger partial charge in [-0.2, -0.15) is 4.31 Å². The van der Waals surface area contributed by atoms with Crippen molar-refractivity contribution in [1.82, 2.24) is 14.1 Å². The van der Waals surface area contributed by atoms with E-state index in [-0.39, 0.29) is 36.4 Å². The number of fused-ring (bicyclic) bond motifs is 1. The topological polar surface area (TPSA) is 100 Å². The Morgan fingerprint density at radius 1 is 1.12 bits per heavy atom. The average Bonchev–Trinajstić information content (AvgIpc) is 3.58. The zero-order valence-electron chi connectivity index (χ0n) is 18.5. The summed E-state index contributed by atoms with van der Waals surface area (Å²) in [4.78, 5) is 29.2. The number of amides is 2. The van der Waals surface area contributed by atoms with Gasteiger partial charge in [-0.15, -0.1) is 0 Å². The summed E-state index contributed by atoms with van der Waals surface area (Å²) in [7, 11) is -3.65. The van der Waals surface area contributed by atoms with Crippen LogP contribution in [-0.2, 0) is 24.3 Å². The number of rotatable bonds is 6. The second-order valence-corrected chi connectivity index (χ2v) is 10.6. The van der Waals surface area contributed by atoms with Gasteiger partial charge in [0.1, 0.15) is 18.2 Å². The Balaban J connectivity index is 1.23. The van der Waals surface area contributed by atoms with E-state index in [1.807, 2.05) is 6.92 Å². The predicted octanol–water partition coefficient (Wildman–Crippen LogP) is 1.60. The van der Waals surface area contributed by atoms with Crippen LogP contribution in [0.25, 0.3) is 11.0 Å². The van der Waals surface area contributed by atoms with Crippen molar-refractivity contribution in [3.63, 3.8) is 0 Å². The van der Waals surface area contributed by atoms with Gasteiger partial charge < -0.3 is 19.0 Å². The van der Waals surface area contributed by atoms with E-state index in [1.54, 1.807) is 34.1 Å². The second-order valence-electron chi connectivity index (χ2n) is 8.68. The zero-order valence-corrected chi connectivity index (χ0v) is 19.3. The first-order valence-corrected chi connectivity index (χ1v) is 12.7. The molecular formula is C23H27N3O6S. The summed E-state index contributed by atoms with van der Waals surface area (Å²) in [6.07, 6.45) is 2.98. The third kappa shape index (κ3) is 3.96. The summed E-state index contributed by atoms with van der Waals surface area (Å²) in [6, 6.07) is 6.14. The van der Waals surface area contributed by atoms with Crippen molar-refractivity contribution in [3.05, 3.63) is 41.7 Å². The first-order chi connectivity index (χ1) is 15.9. The molecule has 1 atom stereocenters. The van der Waals surface area contributed by atoms with Gasteiger partial charge in [-0.25, -0.2) is 8.42 Å². The fraction of sp³-hybridized carbons (Fsp3) is 0.478. The van der Waals surface area contributed by atoms with Crippen LogP contribution < -0.4 is 0 Å². The SMILES string of the molecule is CCOCC(=O)N1CCC[C@H]1C(=O)N1CC2=C(C1)CN(S(=O)(=O)c1ccc3occc3c1)C2. The molecule has 2 amide bonds. The standard InChI is InChI=1S/C23H27N3O6S/c1-2-31-15-22(27)26-8-3-4-20(26)23(28)24-11-17-13-25(14-18(17)12-24)33(29,30)19-5-6-21-16(10-19)7-9-32-21/h5-7,9-10,20H,2-4,8,11-15H2,1H3/t20-/m0/s1. The molecule has 1 aromatic carbocycles. The molecule has 3 aliphatic heterocycles. The molecule has 10 heteroatoms. The molecule has 9 nitrogen and oxygen atoms in total. The maximum Gasteiger partial charge on any atom is 0.249 e. The number of furan rings is 1. The number of hydrogen-bond donors (Lipinski definition) is 0. The van der Waals surface area contributed by atoms with Crippen LogP contribution in [0.1, 0.15) is 19.8 Å². The molecule has 0 aliphatic carbocycles. The molecule has 33 heavy (non-hydrogen) atoms. The van der Waals surface area contributed by atoms with E-state index >= 15 is 0 Å². The number of carbonyl (C=O) groups excluding carboxylic acids is 2. The van der Waals surface area contributed by atoms with Crippen LogP contribution >= 0.6 is 0 Å². The van der Waals surface area contributed by atoms with E-state index < -0.39 is 16.1 Å². The molecule has 4 heterocycles. The smallest absolute Gasteiger partial charge is 0.249 e. The van der Waals surface area contributed by atoms with Crippen molar-refractivity contribution in [2.45, 2.75) is 30.7 Å². The summed E-state index contributed by atoms with van der Waals surface area (Å²) >= 11 is 0. The molecule has 0 bridgehead atoms. The lowest BCUT2D eigenvalue weighted by atomic mass is 10.2. The lowest BCUT2D eigenvalue weighted by Crippen LogP contribution is -2.49. The number of carbonyl (C=O) groups is 2. The van der Waals surface area contributed by atoms with Crippen molar-refractivity contribution in [1.29, 1.82) is 0 Å². The van der Waals surface area contributed by atoms with Crippen molar-refractivity contribution in [3.8, 4) is 0 Å². The van der Waals surface area contributed by atoms with Gasteiger partial charge in [0.25, 0.3) is 0 Å². The summed E-state index contributed by atoms with van der Waals surface area (Å²) in [5.74, 6) is -0.217. The van der Waals surface area contributed by atoms with Crippen LogP contribution in [0.4, 0.5) is 0 Å². The van der Waals surface area contributed by atoms with Gasteiger partial charge in [0.05, 0.1) is 11.2 Å². The fourth-order valence-corrected chi connectivity index (χ4v) is 6.40. The lowest BCUT2D eigenvalue weighted by Gasteiger charge is -2.29. The highest BCUT2D eigenvalue weighted by Gasteiger charge is 2.42. The van der Waals surface area contributed by atoms with Crippen LogP contribution in [0.2, 0.25) is 0 Å². The van der Waals surface area contributed by atoms with Crippen LogP contribution in [0.3, 0.4) is 0 Å². The predicted molar refractivity (Wildman–Crippen MR) is 120 cm³/mol. The fourth-order valence-electron chi connectivity index (χ4n) is 4.93. The van der Waals surface area contributed by atoms with Gasteiger partial charge in [0.15, 0.2) is 0 Å². The molecule has 0 N–H and O–H groups in total. The van der Waals surface area contributed by atoms with Gasteiger partial charge in [0.2, 0.25) is 21.8 Å². The summed E-state index contributed by atoms with van der Waals surface area (Å²) in [6.45, 7) is 4.22. The number of benzene rings is 1. The maximum atomic E-state index is 13.2. The molecule has 1 fully saturated rings. The molecular weight excluding hydrogens is 446 g/mol. The number of ether oxygens (including phenoxy) is 1. The molecule has 0 unspecified atom stereocenters. The quantitative estimate of drug-likeness (QED) is 0.591. The van der Waals surface area contributed by atoms with Crippen molar-refractivity contribution in [2.75, 3.05) is 45.9 Å². The molecule has 176 valence electrons. The maximum absolute atomic E-state index is 13.2. The summed E-state index contributed by atoms with van der Waals surface area (Å²) in [5, 5.41) is 0.743. The van der Waals surface area contributed by atoms with Crippen LogP contribution in [-0.4, -0.2) is 86.3 Å². The Labute approximate surface area is 192 Å². The first-order valence-electron chi connectivity index (χ1n) is 11.2. The highest BCUT2D eigenvalue weighted by Crippen LogP contribution is 2.32. The van der Waals surface area contributed by atoms with Gasteiger partial charge in [-0.1, -0.05) is 0 Å². The van der Waals surface area contributed by atoms with Crippen molar-refractivity contribution in [2.24, 2.45) is 0 Å². The number of likely N-dealkylation sites (tertiary alicyclic amines) is 1. The lowest BCUT2D eigenvalue weighted by molar-refractivity contribution is -0.145. The van der Waals surface area contributed by atoms with Crippen molar-refractivity contribution >= 4 is 32.8 Å². The molecule has 0 spiro atoms. The van der Waals surface area contributed by atoms with Crippen LogP contribution in [0.5, 0.6) is 0 Å². The zero-order chi connectivity index (χ0) is 23.2. The Bertz CT molecular complexity index is 1220. The Hall–Kier alpha value is -2.69. The number of nitrogens with zero attached hydrogens (tertiary/aromatic N) is 3. The second kappa shape index (κ2) is 8.58. The van der Waals surface area contributed by atoms with Gasteiger partial charge in [0, 0.05) is 44.7 Å². The minimum atomic E-state index is -3.65. The van der Waals surface area contributed by atoms with E-state index in [0.717, 1.165) is 23.0 Å². The molecule has 0 saturated carbocycles. The summed E-state index contributed by atoms with van der Waals surface area (Å²) < 4.78 is 38.4. The normalized spacial score (nSPS) is 21.4. The third-order valence-electron chi connectivity index (χ3n) is 6.66. The molecule has 0 radical (unpaired) electrons. The van der Waals surface area contributed by atoms with Gasteiger partial charge in [-0.05, 0) is 55.2 Å². The number of sulfonamides is 1. The van der Waals surface area contributed by atoms with Gasteiger partial charge >= 0.3 is 0 Å². The first kappa shape index (κ1) is 22.1. The highest BCUT2D eigenvalue weighted by molar-refractivity contribution is 7.89. The molecule has 2 aromatic rings. The molecule has 5 rings (SSSR count). The summed E-state index contributed by atoms with van der Waals surface area (Å²) in [5.41, 5.74) is 2.59. The number of hydrogen-bond acceptors (Lipinski definition) is 6. The van der Waals surface area contributed by atoms with E-state index in [2.05, 4.69) is 0 Å². The monoisotopic (exact) mass is 473 g/mol. The Morgan fingerprint density at radius 3 is 2.61 bits per heavy atom. The van der Waals surface area contributed by atoms with E-state index in [4.69, 9.17) is 9.15 Å². The Morgan fingerprint density at radius 2 is 1.88 bits per heavy atom. The van der Waals surface area contributed by atoms with Gasteiger partial charge in [-0.3, -0.25) is 9.59 Å². The van der Waals surface area contributed by atoms with Crippen molar-refractivity contribution < 1.29 is 27.2 Å². The highest BCUT2D eigenvalue weighted by atomic mass is 32.2. The minimum absolute atomic E-state index is 0.00748. The third-order valence-corrected chi connectivity index (χ3v) is 8.45. The van der Waals surface area contributed by atoms with Crippen LogP contribution in [0.15, 0.2) is 51.0 Å². The van der Waals surface area contributed by atoms with Crippen LogP contribution in [0, 0.1) is 0 Å². The average molecular weight is 474 g/mol. The Kier molecular flexibility index (Phi) is 5.75. The van der Waals surface area contributed by atoms with E-state index in [0.29, 0.717) is 38.2 Å². The minimum Gasteiger partial charge on any atom is -0.464 e. The van der Waals surface area contributed by atoms with E-state index in [9.17, 15) is 18.0 Å². The molecule has 1 aromatic heterocycles. The largest absolute Gasteiger partial charge is 0.464 e. The molecule has 1 saturated heterocycles. The van der Waals surface area contributed by atoms with E-state index in [1.165, 1.54) is 10.6 Å².